The summed E-state index contributed by atoms with van der Waals surface area (Å²) in [5.74, 6) is 3.81. The molecule has 0 bridgehead atoms. The van der Waals surface area contributed by atoms with Crippen LogP contribution in [0.5, 0.6) is 0 Å². The molecular weight excluding hydrogens is 378 g/mol. The molecule has 0 aliphatic heterocycles. The lowest BCUT2D eigenvalue weighted by Crippen LogP contribution is -2.23. The van der Waals surface area contributed by atoms with Gasteiger partial charge in [0.15, 0.2) is 0 Å². The zero-order valence-corrected chi connectivity index (χ0v) is 18.3. The summed E-state index contributed by atoms with van der Waals surface area (Å²) in [5.41, 5.74) is 0. The lowest BCUT2D eigenvalue weighted by Gasteiger charge is -2.12. The highest BCUT2D eigenvalue weighted by Gasteiger charge is 2.14. The number of carbonyl (C=O) groups excluding carboxylic acids is 2. The maximum Gasteiger partial charge on any atom is 0.309 e. The number of hydrogen-bond donors (Lipinski definition) is 1. The zero-order chi connectivity index (χ0) is 18.9. The molecule has 0 heterocycles. The van der Waals surface area contributed by atoms with Gasteiger partial charge in [0.05, 0.1) is 18.6 Å². The number of rotatable bonds is 16. The molecule has 0 radical (unpaired) electrons. The van der Waals surface area contributed by atoms with Crippen LogP contribution in [0.4, 0.5) is 0 Å². The van der Waals surface area contributed by atoms with E-state index in [4.69, 9.17) is 9.47 Å². The number of thioether (sulfide) groups is 1. The van der Waals surface area contributed by atoms with Crippen LogP contribution in [-0.4, -0.2) is 60.8 Å². The van der Waals surface area contributed by atoms with Crippen molar-refractivity contribution in [3.8, 4) is 0 Å². The van der Waals surface area contributed by atoms with E-state index < -0.39 is 0 Å². The van der Waals surface area contributed by atoms with E-state index in [9.17, 15) is 9.59 Å². The Morgan fingerprint density at radius 1 is 1.04 bits per heavy atom. The third-order valence-electron chi connectivity index (χ3n) is 2.99. The van der Waals surface area contributed by atoms with Gasteiger partial charge in [-0.3, -0.25) is 9.59 Å². The molecular formula is C17H33NO4S3. The molecule has 5 nitrogen and oxygen atoms in total. The quantitative estimate of drug-likeness (QED) is 0.236. The standard InChI is InChI=1S/C17H33NO4S3/c1-5-16(19)18-7-6-10-24-25-12-11-23-13-15(4)17(20)22-9-8-21-14(2)3/h14-15H,5-13H2,1-4H3,(H,18,19). The average Bonchev–Trinajstić information content (AvgIpc) is 2.59. The first-order valence-corrected chi connectivity index (χ1v) is 12.5. The minimum absolute atomic E-state index is 0.0797. The molecule has 148 valence electrons. The van der Waals surface area contributed by atoms with Crippen LogP contribution >= 0.6 is 33.3 Å². The van der Waals surface area contributed by atoms with Crippen LogP contribution in [0, 0.1) is 5.92 Å². The Morgan fingerprint density at radius 2 is 1.76 bits per heavy atom. The highest BCUT2D eigenvalue weighted by molar-refractivity contribution is 8.76. The van der Waals surface area contributed by atoms with Crippen LogP contribution in [0.3, 0.4) is 0 Å². The van der Waals surface area contributed by atoms with Gasteiger partial charge in [0.2, 0.25) is 5.91 Å². The van der Waals surface area contributed by atoms with E-state index in [2.05, 4.69) is 5.32 Å². The highest BCUT2D eigenvalue weighted by Crippen LogP contribution is 2.23. The first-order valence-electron chi connectivity index (χ1n) is 8.84. The number of amides is 1. The molecule has 0 rings (SSSR count). The molecule has 1 unspecified atom stereocenters. The third kappa shape index (κ3) is 17.1. The molecule has 0 saturated carbocycles. The van der Waals surface area contributed by atoms with Crippen LogP contribution < -0.4 is 5.32 Å². The number of hydrogen-bond acceptors (Lipinski definition) is 7. The van der Waals surface area contributed by atoms with Crippen molar-refractivity contribution >= 4 is 45.2 Å². The average molecular weight is 412 g/mol. The normalized spacial score (nSPS) is 12.2. The zero-order valence-electron chi connectivity index (χ0n) is 15.9. The van der Waals surface area contributed by atoms with E-state index in [1.54, 1.807) is 11.8 Å². The summed E-state index contributed by atoms with van der Waals surface area (Å²) in [7, 11) is 3.69. The number of nitrogens with one attached hydrogen (secondary N) is 1. The monoisotopic (exact) mass is 411 g/mol. The predicted octanol–water partition coefficient (Wildman–Crippen LogP) is 3.62. The van der Waals surface area contributed by atoms with E-state index in [1.807, 2.05) is 49.3 Å². The SMILES string of the molecule is CCC(=O)NCCCSSCCSCC(C)C(=O)OCCOC(C)C. The third-order valence-corrected chi connectivity index (χ3v) is 6.97. The summed E-state index contributed by atoms with van der Waals surface area (Å²) < 4.78 is 10.5. The Bertz CT molecular complexity index is 357. The second kappa shape index (κ2) is 17.4. The van der Waals surface area contributed by atoms with Crippen molar-refractivity contribution in [3.63, 3.8) is 0 Å². The molecule has 1 atom stereocenters. The van der Waals surface area contributed by atoms with Crippen molar-refractivity contribution in [2.75, 3.05) is 42.8 Å². The molecule has 0 aromatic carbocycles. The van der Waals surface area contributed by atoms with Gasteiger partial charge in [-0.1, -0.05) is 35.4 Å². The van der Waals surface area contributed by atoms with E-state index in [1.165, 1.54) is 0 Å². The Labute approximate surface area is 164 Å². The minimum Gasteiger partial charge on any atom is -0.463 e. The summed E-state index contributed by atoms with van der Waals surface area (Å²) in [5, 5.41) is 2.87. The smallest absolute Gasteiger partial charge is 0.309 e. The summed E-state index contributed by atoms with van der Waals surface area (Å²) in [6.07, 6.45) is 1.72. The van der Waals surface area contributed by atoms with E-state index in [0.29, 0.717) is 19.6 Å². The van der Waals surface area contributed by atoms with Crippen molar-refractivity contribution in [1.29, 1.82) is 0 Å². The fraction of sp³-hybridized carbons (Fsp3) is 0.882. The Hall–Kier alpha value is -0.0500. The van der Waals surface area contributed by atoms with Gasteiger partial charge < -0.3 is 14.8 Å². The lowest BCUT2D eigenvalue weighted by atomic mass is 10.2. The van der Waals surface area contributed by atoms with Gasteiger partial charge in [-0.25, -0.2) is 0 Å². The second-order valence-electron chi connectivity index (χ2n) is 5.76. The van der Waals surface area contributed by atoms with Crippen LogP contribution in [0.2, 0.25) is 0 Å². The topological polar surface area (TPSA) is 64.6 Å². The Kier molecular flexibility index (Phi) is 17.3. The minimum atomic E-state index is -0.143. The molecule has 0 saturated heterocycles. The maximum atomic E-state index is 11.8. The molecule has 0 aromatic heterocycles. The van der Waals surface area contributed by atoms with Crippen molar-refractivity contribution in [3.05, 3.63) is 0 Å². The van der Waals surface area contributed by atoms with Gasteiger partial charge in [-0.05, 0) is 20.3 Å². The fourth-order valence-corrected chi connectivity index (χ4v) is 5.16. The molecule has 1 amide bonds. The maximum absolute atomic E-state index is 11.8. The Morgan fingerprint density at radius 3 is 2.44 bits per heavy atom. The molecule has 0 fully saturated rings. The Balaban J connectivity index is 3.37. The van der Waals surface area contributed by atoms with E-state index in [0.717, 1.165) is 36.0 Å². The lowest BCUT2D eigenvalue weighted by molar-refractivity contribution is -0.149. The van der Waals surface area contributed by atoms with Crippen LogP contribution in [-0.2, 0) is 19.1 Å². The van der Waals surface area contributed by atoms with Gasteiger partial charge >= 0.3 is 5.97 Å². The molecule has 0 aliphatic carbocycles. The molecule has 25 heavy (non-hydrogen) atoms. The van der Waals surface area contributed by atoms with Gasteiger partial charge in [-0.2, -0.15) is 11.8 Å². The van der Waals surface area contributed by atoms with Crippen molar-refractivity contribution in [1.82, 2.24) is 5.32 Å². The molecule has 1 N–H and O–H groups in total. The summed E-state index contributed by atoms with van der Waals surface area (Å²) in [4.78, 5) is 22.9. The van der Waals surface area contributed by atoms with Gasteiger partial charge in [0.25, 0.3) is 0 Å². The van der Waals surface area contributed by atoms with Crippen molar-refractivity contribution in [2.45, 2.75) is 46.6 Å². The van der Waals surface area contributed by atoms with Gasteiger partial charge in [0, 0.05) is 36.0 Å². The highest BCUT2D eigenvalue weighted by atomic mass is 33.1. The van der Waals surface area contributed by atoms with Crippen LogP contribution in [0.1, 0.15) is 40.5 Å². The van der Waals surface area contributed by atoms with Gasteiger partial charge in [0.1, 0.15) is 6.61 Å². The van der Waals surface area contributed by atoms with Crippen molar-refractivity contribution in [2.24, 2.45) is 5.92 Å². The first kappa shape index (κ1) is 24.9. The summed E-state index contributed by atoms with van der Waals surface area (Å²) in [6, 6.07) is 0. The van der Waals surface area contributed by atoms with Crippen molar-refractivity contribution < 1.29 is 19.1 Å². The van der Waals surface area contributed by atoms with E-state index in [-0.39, 0.29) is 23.9 Å². The largest absolute Gasteiger partial charge is 0.463 e. The molecule has 0 aromatic rings. The number of ether oxygens (including phenoxy) is 2. The van der Waals surface area contributed by atoms with E-state index >= 15 is 0 Å². The molecule has 0 spiro atoms. The molecule has 8 heteroatoms. The van der Waals surface area contributed by atoms with Crippen LogP contribution in [0.25, 0.3) is 0 Å². The fourth-order valence-electron chi connectivity index (χ4n) is 1.59. The van der Waals surface area contributed by atoms with Crippen LogP contribution in [0.15, 0.2) is 0 Å². The summed E-state index contributed by atoms with van der Waals surface area (Å²) >= 11 is 1.79. The molecule has 0 aliphatic rings. The summed E-state index contributed by atoms with van der Waals surface area (Å²) in [6.45, 7) is 9.24. The first-order chi connectivity index (χ1) is 12.0. The number of carbonyl (C=O) groups is 2. The number of esters is 1. The predicted molar refractivity (Wildman–Crippen MR) is 111 cm³/mol. The van der Waals surface area contributed by atoms with Gasteiger partial charge in [-0.15, -0.1) is 0 Å². The second-order valence-corrected chi connectivity index (χ2v) is 9.62.